The van der Waals surface area contributed by atoms with Crippen molar-refractivity contribution in [1.29, 1.82) is 0 Å². The Morgan fingerprint density at radius 1 is 1.00 bits per heavy atom. The van der Waals surface area contributed by atoms with E-state index in [-0.39, 0.29) is 25.2 Å². The molecule has 2 heterocycles. The first-order valence-corrected chi connectivity index (χ1v) is 14.4. The topological polar surface area (TPSA) is 98.7 Å². The zero-order valence-corrected chi connectivity index (χ0v) is 25.1. The predicted octanol–water partition coefficient (Wildman–Crippen LogP) is 5.78. The Balaban J connectivity index is 1.43. The second-order valence-electron chi connectivity index (χ2n) is 10.9. The number of nitrogens with one attached hydrogen (secondary N) is 2. The third-order valence-corrected chi connectivity index (χ3v) is 8.07. The molecular weight excluding hydrogens is 613 g/mol. The fourth-order valence-corrected chi connectivity index (χ4v) is 5.68. The summed E-state index contributed by atoms with van der Waals surface area (Å²) in [5.74, 6) is -5.04. The highest BCUT2D eigenvalue weighted by atomic mass is 19.4. The molecule has 1 aliphatic rings. The number of aromatic nitrogens is 1. The SMILES string of the molecule is CC[C@@H](Nc1cc(F)c(C(=O)N[C@@H](Cc2ccc(-c3cc4ccccc4n(C)c3=O)c3c2COC3)C(=O)OC)c(F)c1)C(F)(F)F. The van der Waals surface area contributed by atoms with Crippen molar-refractivity contribution in [2.45, 2.75) is 51.2 Å². The van der Waals surface area contributed by atoms with Crippen molar-refractivity contribution in [3.05, 3.63) is 98.8 Å². The lowest BCUT2D eigenvalue weighted by Gasteiger charge is -2.22. The van der Waals surface area contributed by atoms with E-state index < -0.39 is 59.4 Å². The van der Waals surface area contributed by atoms with Gasteiger partial charge < -0.3 is 24.7 Å². The molecule has 0 spiro atoms. The summed E-state index contributed by atoms with van der Waals surface area (Å²) >= 11 is 0. The van der Waals surface area contributed by atoms with Gasteiger partial charge in [0, 0.05) is 24.7 Å². The largest absolute Gasteiger partial charge is 0.467 e. The molecule has 13 heteroatoms. The van der Waals surface area contributed by atoms with Gasteiger partial charge in [0.1, 0.15) is 29.3 Å². The molecule has 4 aromatic rings. The fourth-order valence-electron chi connectivity index (χ4n) is 5.68. The second-order valence-corrected chi connectivity index (χ2v) is 10.9. The molecule has 5 rings (SSSR count). The summed E-state index contributed by atoms with van der Waals surface area (Å²) < 4.78 is 81.4. The summed E-state index contributed by atoms with van der Waals surface area (Å²) in [4.78, 5) is 39.1. The minimum atomic E-state index is -4.67. The van der Waals surface area contributed by atoms with Crippen LogP contribution in [-0.4, -0.2) is 41.8 Å². The van der Waals surface area contributed by atoms with Crippen LogP contribution in [0.4, 0.5) is 27.6 Å². The van der Waals surface area contributed by atoms with E-state index in [0.29, 0.717) is 34.4 Å². The third kappa shape index (κ3) is 6.32. The maximum Gasteiger partial charge on any atom is 0.408 e. The van der Waals surface area contributed by atoms with Crippen LogP contribution >= 0.6 is 0 Å². The van der Waals surface area contributed by atoms with Crippen LogP contribution in [0.15, 0.2) is 59.4 Å². The summed E-state index contributed by atoms with van der Waals surface area (Å²) in [5.41, 5.74) is 2.07. The molecule has 0 radical (unpaired) electrons. The van der Waals surface area contributed by atoms with Gasteiger partial charge in [-0.15, -0.1) is 0 Å². The van der Waals surface area contributed by atoms with Gasteiger partial charge in [-0.2, -0.15) is 13.2 Å². The number of alkyl halides is 3. The van der Waals surface area contributed by atoms with Gasteiger partial charge >= 0.3 is 12.1 Å². The smallest absolute Gasteiger partial charge is 0.408 e. The van der Waals surface area contributed by atoms with Gasteiger partial charge in [-0.3, -0.25) is 9.59 Å². The summed E-state index contributed by atoms with van der Waals surface area (Å²) in [7, 11) is 2.77. The van der Waals surface area contributed by atoms with Crippen molar-refractivity contribution in [2.24, 2.45) is 7.05 Å². The molecule has 0 saturated carbocycles. The number of carbonyl (C=O) groups is 2. The minimum absolute atomic E-state index is 0.146. The van der Waals surface area contributed by atoms with E-state index in [2.05, 4.69) is 5.32 Å². The molecule has 0 unspecified atom stereocenters. The van der Waals surface area contributed by atoms with Crippen molar-refractivity contribution < 1.29 is 41.0 Å². The van der Waals surface area contributed by atoms with E-state index in [9.17, 15) is 36.3 Å². The maximum absolute atomic E-state index is 14.9. The molecule has 242 valence electrons. The quantitative estimate of drug-likeness (QED) is 0.177. The lowest BCUT2D eigenvalue weighted by atomic mass is 9.91. The van der Waals surface area contributed by atoms with Crippen molar-refractivity contribution in [3.8, 4) is 11.1 Å². The van der Waals surface area contributed by atoms with E-state index in [1.54, 1.807) is 29.8 Å². The first-order valence-electron chi connectivity index (χ1n) is 14.4. The Labute approximate surface area is 260 Å². The summed E-state index contributed by atoms with van der Waals surface area (Å²) in [5, 5.41) is 5.18. The average Bonchev–Trinajstić information content (AvgIpc) is 3.51. The minimum Gasteiger partial charge on any atom is -0.467 e. The highest BCUT2D eigenvalue weighted by Crippen LogP contribution is 2.34. The second kappa shape index (κ2) is 12.9. The zero-order chi connectivity index (χ0) is 33.3. The van der Waals surface area contributed by atoms with Crippen LogP contribution < -0.4 is 16.2 Å². The van der Waals surface area contributed by atoms with Gasteiger partial charge in [-0.05, 0) is 58.3 Å². The number of carbonyl (C=O) groups excluding carboxylic acids is 2. The average molecular weight is 644 g/mol. The molecule has 2 atom stereocenters. The van der Waals surface area contributed by atoms with Crippen molar-refractivity contribution in [3.63, 3.8) is 0 Å². The summed E-state index contributed by atoms with van der Waals surface area (Å²) in [6, 6.07) is 10.4. The number of benzene rings is 3. The third-order valence-electron chi connectivity index (χ3n) is 8.07. The summed E-state index contributed by atoms with van der Waals surface area (Å²) in [6.45, 7) is 1.60. The van der Waals surface area contributed by atoms with Crippen molar-refractivity contribution in [1.82, 2.24) is 9.88 Å². The van der Waals surface area contributed by atoms with Crippen LogP contribution in [0.25, 0.3) is 22.0 Å². The van der Waals surface area contributed by atoms with Crippen molar-refractivity contribution in [2.75, 3.05) is 12.4 Å². The number of nitrogens with zero attached hydrogens (tertiary/aromatic N) is 1. The number of hydrogen-bond donors (Lipinski definition) is 2. The maximum atomic E-state index is 14.9. The molecular formula is C33H30F5N3O5. The molecule has 2 N–H and O–H groups in total. The normalized spacial score (nSPS) is 14.1. The Morgan fingerprint density at radius 3 is 2.33 bits per heavy atom. The van der Waals surface area contributed by atoms with Gasteiger partial charge in [0.25, 0.3) is 11.5 Å². The number of amides is 1. The van der Waals surface area contributed by atoms with Gasteiger partial charge in [-0.25, -0.2) is 13.6 Å². The number of fused-ring (bicyclic) bond motifs is 2. The zero-order valence-electron chi connectivity index (χ0n) is 25.1. The number of aryl methyl sites for hydroxylation is 1. The number of halogens is 5. The van der Waals surface area contributed by atoms with Crippen LogP contribution in [0, 0.1) is 11.6 Å². The molecule has 0 aliphatic carbocycles. The summed E-state index contributed by atoms with van der Waals surface area (Å²) in [6.07, 6.45) is -5.21. The van der Waals surface area contributed by atoms with Gasteiger partial charge in [0.05, 0.1) is 25.8 Å². The Morgan fingerprint density at radius 2 is 1.67 bits per heavy atom. The Kier molecular flexibility index (Phi) is 9.15. The van der Waals surface area contributed by atoms with Crippen LogP contribution in [-0.2, 0) is 41.0 Å². The van der Waals surface area contributed by atoms with Gasteiger partial charge in [0.2, 0.25) is 0 Å². The van der Waals surface area contributed by atoms with Crippen molar-refractivity contribution >= 4 is 28.5 Å². The van der Waals surface area contributed by atoms with Crippen LogP contribution in [0.3, 0.4) is 0 Å². The van der Waals surface area contributed by atoms with E-state index in [4.69, 9.17) is 9.47 Å². The molecule has 0 bridgehead atoms. The first kappa shape index (κ1) is 32.6. The fraction of sp³-hybridized carbons (Fsp3) is 0.303. The lowest BCUT2D eigenvalue weighted by molar-refractivity contribution is -0.143. The van der Waals surface area contributed by atoms with Crippen LogP contribution in [0.1, 0.15) is 40.4 Å². The molecule has 1 aliphatic heterocycles. The standard InChI is InChI=1S/C33H30F5N3O5/c1-4-28(33(36,37)38)39-19-13-24(34)29(25(35)14-19)30(42)40-26(32(44)45-3)12-17-9-10-20(23-16-46-15-22(17)23)21-11-18-7-5-6-8-27(18)41(2)31(21)43/h5-11,13-14,26,28,39H,4,12,15-16H2,1-3H3,(H,40,42)/t26-,28+/m0/s1. The first-order chi connectivity index (χ1) is 21.8. The predicted molar refractivity (Wildman–Crippen MR) is 160 cm³/mol. The molecule has 46 heavy (non-hydrogen) atoms. The number of methoxy groups -OCH3 is 1. The number of anilines is 1. The van der Waals surface area contributed by atoms with Crippen LogP contribution in [0.2, 0.25) is 0 Å². The molecule has 3 aromatic carbocycles. The molecule has 1 aromatic heterocycles. The van der Waals surface area contributed by atoms with E-state index in [1.807, 2.05) is 29.6 Å². The monoisotopic (exact) mass is 643 g/mol. The molecule has 1 amide bonds. The van der Waals surface area contributed by atoms with Gasteiger partial charge in [0.15, 0.2) is 0 Å². The number of para-hydroxylation sites is 1. The molecule has 0 saturated heterocycles. The molecule has 0 fully saturated rings. The van der Waals surface area contributed by atoms with E-state index >= 15 is 0 Å². The van der Waals surface area contributed by atoms with Gasteiger partial charge in [-0.1, -0.05) is 37.3 Å². The number of ether oxygens (including phenoxy) is 2. The lowest BCUT2D eigenvalue weighted by Crippen LogP contribution is -2.43. The highest BCUT2D eigenvalue weighted by Gasteiger charge is 2.38. The number of rotatable bonds is 9. The Hall–Kier alpha value is -4.78. The van der Waals surface area contributed by atoms with E-state index in [1.165, 1.54) is 6.92 Å². The highest BCUT2D eigenvalue weighted by molar-refractivity contribution is 5.97. The van der Waals surface area contributed by atoms with E-state index in [0.717, 1.165) is 23.6 Å². The Bertz CT molecular complexity index is 1870. The number of esters is 1. The van der Waals surface area contributed by atoms with Crippen LogP contribution in [0.5, 0.6) is 0 Å². The molecule has 8 nitrogen and oxygen atoms in total. The number of pyridine rings is 1. The number of hydrogen-bond acceptors (Lipinski definition) is 6.